The third kappa shape index (κ3) is 20.2. The highest BCUT2D eigenvalue weighted by Gasteiger charge is 2.41. The fraction of sp³-hybridized carbons (Fsp3) is 0.800. The van der Waals surface area contributed by atoms with Crippen LogP contribution in [0.2, 0.25) is 0 Å². The molecule has 2 aliphatic carbocycles. The highest BCUT2D eigenvalue weighted by atomic mass is 16.3. The van der Waals surface area contributed by atoms with Gasteiger partial charge in [-0.3, -0.25) is 28.8 Å². The van der Waals surface area contributed by atoms with Gasteiger partial charge in [-0.1, -0.05) is 143 Å². The Morgan fingerprint density at radius 2 is 1.42 bits per heavy atom. The van der Waals surface area contributed by atoms with Gasteiger partial charge in [0.25, 0.3) is 0 Å². The number of aliphatic hydroxyl groups excluding tert-OH is 1. The molecule has 5 N–H and O–H groups in total. The largest absolute Gasteiger partial charge is 0.390 e. The summed E-state index contributed by atoms with van der Waals surface area (Å²) in [4.78, 5) is 92.1. The van der Waals surface area contributed by atoms with Gasteiger partial charge in [0.15, 0.2) is 0 Å². The van der Waals surface area contributed by atoms with Crippen molar-refractivity contribution in [3.05, 3.63) is 35.9 Å². The Labute approximate surface area is 446 Å². The van der Waals surface area contributed by atoms with Gasteiger partial charge in [-0.2, -0.15) is 0 Å². The third-order valence-corrected chi connectivity index (χ3v) is 17.0. The molecule has 14 nitrogen and oxygen atoms in total. The van der Waals surface area contributed by atoms with E-state index in [1.54, 1.807) is 9.80 Å². The van der Waals surface area contributed by atoms with Crippen molar-refractivity contribution in [3.8, 4) is 0 Å². The number of unbranched alkanes of at least 4 members (excludes halogenated alkanes) is 2. The summed E-state index contributed by atoms with van der Waals surface area (Å²) >= 11 is 0. The van der Waals surface area contributed by atoms with Gasteiger partial charge >= 0.3 is 0 Å². The Morgan fingerprint density at radius 1 is 0.770 bits per heavy atom. The van der Waals surface area contributed by atoms with E-state index in [0.29, 0.717) is 71.0 Å². The maximum atomic E-state index is 14.9. The average molecular weight is 1030 g/mol. The van der Waals surface area contributed by atoms with E-state index in [-0.39, 0.29) is 42.9 Å². The SMILES string of the molecule is CCCCN1CCCC[C@H](NC(=O)[C@H](CCCCN(CCC2CCCCC2)CCC2CCCCC2)NC(=O)C2CCCN2C(=O)C(C)(C)CC)C(=O)N[C@@H](CC(C)C)C(=O)N[C@@H](Cc2ccccc2)[C@H](O)CC1=O. The molecule has 418 valence electrons. The Kier molecular flexibility index (Phi) is 26.2. The second-order valence-corrected chi connectivity index (χ2v) is 23.9. The minimum Gasteiger partial charge on any atom is -0.390 e. The fourth-order valence-electron chi connectivity index (χ4n) is 11.8. The van der Waals surface area contributed by atoms with Crippen LogP contribution in [0.5, 0.6) is 0 Å². The van der Waals surface area contributed by atoms with Gasteiger partial charge in [0.2, 0.25) is 35.4 Å². The molecule has 2 saturated carbocycles. The predicted octanol–water partition coefficient (Wildman–Crippen LogP) is 8.62. The van der Waals surface area contributed by atoms with Crippen molar-refractivity contribution in [2.45, 2.75) is 245 Å². The molecular formula is C60H101N7O7. The number of nitrogens with zero attached hydrogens (tertiary/aromatic N) is 3. The average Bonchev–Trinajstić information content (AvgIpc) is 3.89. The monoisotopic (exact) mass is 1030 g/mol. The topological polar surface area (TPSA) is 180 Å². The van der Waals surface area contributed by atoms with Gasteiger partial charge in [0, 0.05) is 25.0 Å². The molecule has 0 bridgehead atoms. The lowest BCUT2D eigenvalue weighted by Gasteiger charge is -2.33. The number of rotatable bonds is 24. The molecule has 0 radical (unpaired) electrons. The van der Waals surface area contributed by atoms with Crippen LogP contribution in [0.4, 0.5) is 0 Å². The van der Waals surface area contributed by atoms with E-state index in [2.05, 4.69) is 33.1 Å². The zero-order valence-corrected chi connectivity index (χ0v) is 46.9. The summed E-state index contributed by atoms with van der Waals surface area (Å²) in [6, 6.07) is 5.04. The molecule has 1 aromatic carbocycles. The van der Waals surface area contributed by atoms with Gasteiger partial charge in [0.1, 0.15) is 24.2 Å². The number of hydrogen-bond donors (Lipinski definition) is 5. The molecular weight excluding hydrogens is 931 g/mol. The van der Waals surface area contributed by atoms with Crippen LogP contribution < -0.4 is 21.3 Å². The van der Waals surface area contributed by atoms with E-state index in [1.165, 1.54) is 77.0 Å². The molecule has 6 amide bonds. The Hall–Kier alpha value is -4.04. The van der Waals surface area contributed by atoms with Crippen LogP contribution in [0.15, 0.2) is 30.3 Å². The number of aliphatic hydroxyl groups is 1. The first-order valence-corrected chi connectivity index (χ1v) is 29.8. The number of likely N-dealkylation sites (tertiary alicyclic amines) is 1. The standard InChI is InChI=1S/C60H101N7O7/c1-7-9-36-66-37-22-20-31-48(56(71)64-51(41-44(3)4)57(72)63-50(53(68)43-54(66)69)42-47-28-17-12-18-29-47)61-55(70)49(62-58(73)52-32-23-38-67(52)59(74)60(5,6)8-2)30-19-21-35-65(39-33-45-24-13-10-14-25-45)40-34-46-26-15-11-16-27-46/h12,17-18,28-29,44-46,48-53,68H,7-11,13-16,19-27,30-43H2,1-6H3,(H,61,70)(H,62,73)(H,63,72)(H,64,71)/t48-,49-,50-,51-,52?,53+/m0/s1. The molecule has 74 heavy (non-hydrogen) atoms. The molecule has 0 aromatic heterocycles. The Morgan fingerprint density at radius 3 is 2.04 bits per heavy atom. The van der Waals surface area contributed by atoms with Crippen LogP contribution in [0.25, 0.3) is 0 Å². The number of hydrogen-bond acceptors (Lipinski definition) is 8. The minimum atomic E-state index is -1.17. The number of carbonyl (C=O) groups is 6. The van der Waals surface area contributed by atoms with Crippen molar-refractivity contribution < 1.29 is 33.9 Å². The maximum Gasteiger partial charge on any atom is 0.243 e. The first-order valence-electron chi connectivity index (χ1n) is 29.8. The quantitative estimate of drug-likeness (QED) is 0.0639. The van der Waals surface area contributed by atoms with E-state index in [9.17, 15) is 33.9 Å². The van der Waals surface area contributed by atoms with E-state index in [1.807, 2.05) is 65.0 Å². The molecule has 6 atom stereocenters. The minimum absolute atomic E-state index is 0.00680. The van der Waals surface area contributed by atoms with Crippen molar-refractivity contribution in [1.29, 1.82) is 0 Å². The molecule has 14 heteroatoms. The van der Waals surface area contributed by atoms with Crippen LogP contribution in [0.1, 0.15) is 208 Å². The van der Waals surface area contributed by atoms with E-state index in [0.717, 1.165) is 56.3 Å². The number of amides is 6. The molecule has 1 aromatic rings. The van der Waals surface area contributed by atoms with Crippen molar-refractivity contribution in [2.75, 3.05) is 39.3 Å². The number of nitrogens with one attached hydrogen (secondary N) is 4. The summed E-state index contributed by atoms with van der Waals surface area (Å²) in [5.74, 6) is -0.459. The van der Waals surface area contributed by atoms with Crippen molar-refractivity contribution >= 4 is 35.4 Å². The summed E-state index contributed by atoms with van der Waals surface area (Å²) in [5, 5.41) is 23.9. The van der Waals surface area contributed by atoms with Crippen molar-refractivity contribution in [2.24, 2.45) is 23.2 Å². The van der Waals surface area contributed by atoms with Crippen LogP contribution in [-0.2, 0) is 35.2 Å². The second kappa shape index (κ2) is 31.9. The summed E-state index contributed by atoms with van der Waals surface area (Å²) < 4.78 is 0. The molecule has 4 fully saturated rings. The van der Waals surface area contributed by atoms with E-state index >= 15 is 0 Å². The smallest absolute Gasteiger partial charge is 0.243 e. The molecule has 0 spiro atoms. The molecule has 2 aliphatic heterocycles. The first kappa shape index (κ1) is 60.8. The maximum absolute atomic E-state index is 14.9. The zero-order chi connectivity index (χ0) is 53.5. The molecule has 4 aliphatic rings. The molecule has 2 saturated heterocycles. The van der Waals surface area contributed by atoms with Crippen LogP contribution in [0, 0.1) is 23.2 Å². The first-order chi connectivity index (χ1) is 35.6. The van der Waals surface area contributed by atoms with Crippen LogP contribution in [-0.4, -0.2) is 131 Å². The second-order valence-electron chi connectivity index (χ2n) is 23.9. The van der Waals surface area contributed by atoms with Gasteiger partial charge in [-0.25, -0.2) is 0 Å². The molecule has 2 heterocycles. The van der Waals surface area contributed by atoms with E-state index < -0.39 is 59.4 Å². The third-order valence-electron chi connectivity index (χ3n) is 17.0. The van der Waals surface area contributed by atoms with Gasteiger partial charge in [-0.05, 0) is 133 Å². The summed E-state index contributed by atoms with van der Waals surface area (Å²) in [7, 11) is 0. The van der Waals surface area contributed by atoms with Crippen molar-refractivity contribution in [3.63, 3.8) is 0 Å². The lowest BCUT2D eigenvalue weighted by Crippen LogP contribution is -2.59. The van der Waals surface area contributed by atoms with Crippen molar-refractivity contribution in [1.82, 2.24) is 36.0 Å². The summed E-state index contributed by atoms with van der Waals surface area (Å²) in [6.45, 7) is 16.3. The van der Waals surface area contributed by atoms with Crippen LogP contribution >= 0.6 is 0 Å². The van der Waals surface area contributed by atoms with E-state index in [4.69, 9.17) is 0 Å². The van der Waals surface area contributed by atoms with Crippen LogP contribution in [0.3, 0.4) is 0 Å². The van der Waals surface area contributed by atoms with Gasteiger partial charge in [-0.15, -0.1) is 0 Å². The lowest BCUT2D eigenvalue weighted by atomic mass is 9.86. The normalized spacial score (nSPS) is 24.0. The number of benzene rings is 1. The summed E-state index contributed by atoms with van der Waals surface area (Å²) in [5.41, 5.74) is 0.253. The molecule has 5 rings (SSSR count). The number of carbonyl (C=O) groups excluding carboxylic acids is 6. The highest BCUT2D eigenvalue weighted by Crippen LogP contribution is 2.30. The highest BCUT2D eigenvalue weighted by molar-refractivity contribution is 5.96. The Balaban J connectivity index is 1.37. The van der Waals surface area contributed by atoms with Gasteiger partial charge < -0.3 is 41.1 Å². The molecule has 1 unspecified atom stereocenters. The lowest BCUT2D eigenvalue weighted by molar-refractivity contribution is -0.146. The van der Waals surface area contributed by atoms with Gasteiger partial charge in [0.05, 0.1) is 18.6 Å². The Bertz CT molecular complexity index is 1850. The zero-order valence-electron chi connectivity index (χ0n) is 46.9. The fourth-order valence-corrected chi connectivity index (χ4v) is 11.8. The summed E-state index contributed by atoms with van der Waals surface area (Å²) in [6.07, 6.45) is 21.8. The predicted molar refractivity (Wildman–Crippen MR) is 295 cm³/mol.